The van der Waals surface area contributed by atoms with Crippen molar-refractivity contribution in [3.8, 4) is 0 Å². The van der Waals surface area contributed by atoms with Gasteiger partial charge in [0.25, 0.3) is 0 Å². The molecule has 0 aromatic heterocycles. The van der Waals surface area contributed by atoms with Crippen LogP contribution in [0.1, 0.15) is 13.8 Å². The van der Waals surface area contributed by atoms with E-state index in [1.807, 2.05) is 0 Å². The molecule has 1 saturated carbocycles. The van der Waals surface area contributed by atoms with Gasteiger partial charge >= 0.3 is 5.97 Å². The van der Waals surface area contributed by atoms with E-state index in [0.29, 0.717) is 11.0 Å². The van der Waals surface area contributed by atoms with Crippen LogP contribution >= 0.6 is 11.8 Å². The Hall–Kier alpha value is -0.220. The second-order valence-electron chi connectivity index (χ2n) is 3.84. The van der Waals surface area contributed by atoms with E-state index in [9.17, 15) is 4.79 Å². The number of methoxy groups -OCH3 is 1. The third-order valence-corrected chi connectivity index (χ3v) is 4.23. The molecular weight excluding hydrogens is 188 g/mol. The van der Waals surface area contributed by atoms with Gasteiger partial charge in [0.1, 0.15) is 0 Å². The summed E-state index contributed by atoms with van der Waals surface area (Å²) in [5, 5.41) is 8.97. The second-order valence-corrected chi connectivity index (χ2v) is 5.09. The van der Waals surface area contributed by atoms with Crippen LogP contribution in [0.25, 0.3) is 0 Å². The van der Waals surface area contributed by atoms with Crippen LogP contribution < -0.4 is 0 Å². The predicted octanol–water partition coefficient (Wildman–Crippen LogP) is 0.909. The first-order valence-corrected chi connectivity index (χ1v) is 5.41. The standard InChI is InChI=1S/C9H16O3S/c1-9(2)6(8(11)12-3)7(9)13-5-4-10/h6-7,10H,4-5H2,1-3H3/t6-,7+/m1/s1. The highest BCUT2D eigenvalue weighted by Gasteiger charge is 2.62. The van der Waals surface area contributed by atoms with Crippen LogP contribution in [-0.2, 0) is 9.53 Å². The van der Waals surface area contributed by atoms with Crippen LogP contribution in [0, 0.1) is 11.3 Å². The summed E-state index contributed by atoms with van der Waals surface area (Å²) in [6.45, 7) is 4.29. The Bertz CT molecular complexity index is 203. The summed E-state index contributed by atoms with van der Waals surface area (Å²) in [4.78, 5) is 11.3. The number of carbonyl (C=O) groups excluding carboxylic acids is 1. The fourth-order valence-corrected chi connectivity index (χ4v) is 3.15. The molecule has 1 N–H and O–H groups in total. The number of hydrogen-bond donors (Lipinski definition) is 1. The molecule has 0 bridgehead atoms. The zero-order chi connectivity index (χ0) is 10.1. The van der Waals surface area contributed by atoms with E-state index in [2.05, 4.69) is 13.8 Å². The zero-order valence-corrected chi connectivity index (χ0v) is 9.06. The fraction of sp³-hybridized carbons (Fsp3) is 0.889. The molecule has 1 rings (SSSR count). The quantitative estimate of drug-likeness (QED) is 0.691. The normalized spacial score (nSPS) is 29.8. The summed E-state index contributed by atoms with van der Waals surface area (Å²) in [5.74, 6) is 0.580. The summed E-state index contributed by atoms with van der Waals surface area (Å²) >= 11 is 1.65. The lowest BCUT2D eigenvalue weighted by Gasteiger charge is -1.99. The highest BCUT2D eigenvalue weighted by atomic mass is 32.2. The van der Waals surface area contributed by atoms with Crippen LogP contribution in [0.2, 0.25) is 0 Å². The highest BCUT2D eigenvalue weighted by molar-refractivity contribution is 8.00. The van der Waals surface area contributed by atoms with E-state index < -0.39 is 0 Å². The van der Waals surface area contributed by atoms with Crippen LogP contribution in [0.5, 0.6) is 0 Å². The first kappa shape index (κ1) is 10.9. The van der Waals surface area contributed by atoms with Gasteiger partial charge in [-0.25, -0.2) is 0 Å². The molecule has 2 atom stereocenters. The van der Waals surface area contributed by atoms with Gasteiger partial charge in [-0.2, -0.15) is 11.8 Å². The maximum atomic E-state index is 11.3. The monoisotopic (exact) mass is 204 g/mol. The molecule has 0 spiro atoms. The summed E-state index contributed by atoms with van der Waals surface area (Å²) in [6.07, 6.45) is 0. The third-order valence-electron chi connectivity index (χ3n) is 2.57. The molecule has 0 aromatic carbocycles. The molecular formula is C9H16O3S. The first-order chi connectivity index (χ1) is 6.05. The van der Waals surface area contributed by atoms with Gasteiger partial charge in [-0.3, -0.25) is 4.79 Å². The molecule has 0 aromatic rings. The highest BCUT2D eigenvalue weighted by Crippen LogP contribution is 2.59. The third kappa shape index (κ3) is 1.99. The minimum Gasteiger partial charge on any atom is -0.469 e. The van der Waals surface area contributed by atoms with Crippen molar-refractivity contribution in [2.24, 2.45) is 11.3 Å². The Morgan fingerprint density at radius 3 is 2.69 bits per heavy atom. The Morgan fingerprint density at radius 2 is 2.23 bits per heavy atom. The number of esters is 1. The van der Waals surface area contributed by atoms with Crippen molar-refractivity contribution in [3.05, 3.63) is 0 Å². The number of aliphatic hydroxyl groups excluding tert-OH is 1. The lowest BCUT2D eigenvalue weighted by Crippen LogP contribution is -2.07. The molecule has 1 aliphatic carbocycles. The Morgan fingerprint density at radius 1 is 1.62 bits per heavy atom. The molecule has 1 fully saturated rings. The lowest BCUT2D eigenvalue weighted by atomic mass is 10.1. The van der Waals surface area contributed by atoms with Gasteiger partial charge in [-0.05, 0) is 5.41 Å². The summed E-state index contributed by atoms with van der Waals surface area (Å²) < 4.78 is 4.71. The summed E-state index contributed by atoms with van der Waals surface area (Å²) in [6, 6.07) is 0. The van der Waals surface area contributed by atoms with E-state index >= 15 is 0 Å². The molecule has 13 heavy (non-hydrogen) atoms. The Kier molecular flexibility index (Phi) is 3.24. The topological polar surface area (TPSA) is 46.5 Å². The lowest BCUT2D eigenvalue weighted by molar-refractivity contribution is -0.142. The number of ether oxygens (including phenoxy) is 1. The van der Waals surface area contributed by atoms with Crippen molar-refractivity contribution in [3.63, 3.8) is 0 Å². The molecule has 0 amide bonds. The number of rotatable bonds is 4. The number of thioether (sulfide) groups is 1. The largest absolute Gasteiger partial charge is 0.469 e. The maximum Gasteiger partial charge on any atom is 0.310 e. The average molecular weight is 204 g/mol. The van der Waals surface area contributed by atoms with Gasteiger partial charge in [0.15, 0.2) is 0 Å². The molecule has 4 heteroatoms. The average Bonchev–Trinajstić information content (AvgIpc) is 2.63. The SMILES string of the molecule is COC(=O)[C@H]1[C@H](SCCO)C1(C)C. The van der Waals surface area contributed by atoms with Gasteiger partial charge in [-0.15, -0.1) is 0 Å². The van der Waals surface area contributed by atoms with E-state index in [0.717, 1.165) is 0 Å². The van der Waals surface area contributed by atoms with Crippen molar-refractivity contribution in [1.29, 1.82) is 0 Å². The van der Waals surface area contributed by atoms with E-state index in [4.69, 9.17) is 9.84 Å². The minimum absolute atomic E-state index is 0.00838. The second kappa shape index (κ2) is 3.88. The summed E-state index contributed by atoms with van der Waals surface area (Å²) in [7, 11) is 1.42. The number of carbonyl (C=O) groups is 1. The molecule has 0 heterocycles. The first-order valence-electron chi connectivity index (χ1n) is 4.36. The van der Waals surface area contributed by atoms with E-state index in [1.165, 1.54) is 7.11 Å². The van der Waals surface area contributed by atoms with Crippen LogP contribution in [0.3, 0.4) is 0 Å². The van der Waals surface area contributed by atoms with E-state index in [-0.39, 0.29) is 23.9 Å². The Labute approximate surface area is 82.8 Å². The molecule has 76 valence electrons. The molecule has 0 unspecified atom stereocenters. The molecule has 1 aliphatic rings. The minimum atomic E-state index is -0.125. The summed E-state index contributed by atoms with van der Waals surface area (Å²) in [5.41, 5.74) is 0.0347. The van der Waals surface area contributed by atoms with Crippen molar-refractivity contribution in [2.45, 2.75) is 19.1 Å². The number of aliphatic hydroxyl groups is 1. The fourth-order valence-electron chi connectivity index (χ4n) is 1.64. The molecule has 0 aliphatic heterocycles. The van der Waals surface area contributed by atoms with Crippen LogP contribution in [0.4, 0.5) is 0 Å². The van der Waals surface area contributed by atoms with Crippen LogP contribution in [-0.4, -0.2) is 35.8 Å². The van der Waals surface area contributed by atoms with E-state index in [1.54, 1.807) is 11.8 Å². The molecule has 3 nitrogen and oxygen atoms in total. The van der Waals surface area contributed by atoms with Gasteiger partial charge in [0.05, 0.1) is 19.6 Å². The van der Waals surface area contributed by atoms with Gasteiger partial charge < -0.3 is 9.84 Å². The van der Waals surface area contributed by atoms with Crippen molar-refractivity contribution < 1.29 is 14.6 Å². The maximum absolute atomic E-state index is 11.3. The van der Waals surface area contributed by atoms with Gasteiger partial charge in [-0.1, -0.05) is 13.8 Å². The van der Waals surface area contributed by atoms with Gasteiger partial charge in [0.2, 0.25) is 0 Å². The predicted molar refractivity (Wildman–Crippen MR) is 52.6 cm³/mol. The number of hydrogen-bond acceptors (Lipinski definition) is 4. The zero-order valence-electron chi connectivity index (χ0n) is 8.24. The Balaban J connectivity index is 2.46. The van der Waals surface area contributed by atoms with Crippen molar-refractivity contribution >= 4 is 17.7 Å². The van der Waals surface area contributed by atoms with Crippen LogP contribution in [0.15, 0.2) is 0 Å². The van der Waals surface area contributed by atoms with Crippen molar-refractivity contribution in [1.82, 2.24) is 0 Å². The van der Waals surface area contributed by atoms with Gasteiger partial charge in [0, 0.05) is 11.0 Å². The van der Waals surface area contributed by atoms with Crippen molar-refractivity contribution in [2.75, 3.05) is 19.5 Å². The molecule has 0 saturated heterocycles. The smallest absolute Gasteiger partial charge is 0.310 e. The molecule has 0 radical (unpaired) electrons.